The van der Waals surface area contributed by atoms with E-state index in [1.54, 1.807) is 29.1 Å². The van der Waals surface area contributed by atoms with Gasteiger partial charge in [0.1, 0.15) is 5.69 Å². The van der Waals surface area contributed by atoms with Crippen molar-refractivity contribution in [2.24, 2.45) is 0 Å². The molecule has 3 aromatic rings. The molecule has 0 fully saturated rings. The maximum Gasteiger partial charge on any atom is 0.331 e. The number of likely N-dealkylation sites (N-methyl/N-ethyl adjacent to an activating group) is 1. The second-order valence-electron chi connectivity index (χ2n) is 6.35. The van der Waals surface area contributed by atoms with Crippen LogP contribution in [-0.2, 0) is 14.3 Å². The molecule has 2 aromatic heterocycles. The Balaban J connectivity index is 1.71. The molecule has 7 nitrogen and oxygen atoms in total. The number of thiophene rings is 1. The van der Waals surface area contributed by atoms with Crippen molar-refractivity contribution in [1.82, 2.24) is 14.7 Å². The highest BCUT2D eigenvalue weighted by molar-refractivity contribution is 7.13. The Bertz CT molecular complexity index is 1070. The first kappa shape index (κ1) is 21.0. The molecule has 30 heavy (non-hydrogen) atoms. The molecular formula is C22H20N4O3S. The van der Waals surface area contributed by atoms with Crippen LogP contribution >= 0.6 is 11.3 Å². The van der Waals surface area contributed by atoms with Gasteiger partial charge in [0.25, 0.3) is 5.91 Å². The van der Waals surface area contributed by atoms with Crippen molar-refractivity contribution in [2.45, 2.75) is 6.42 Å². The number of carbonyl (C=O) groups is 2. The summed E-state index contributed by atoms with van der Waals surface area (Å²) in [6, 6.07) is 15.6. The van der Waals surface area contributed by atoms with Crippen LogP contribution in [0.1, 0.15) is 12.0 Å². The summed E-state index contributed by atoms with van der Waals surface area (Å²) < 4.78 is 6.78. The van der Waals surface area contributed by atoms with E-state index in [0.29, 0.717) is 6.54 Å². The summed E-state index contributed by atoms with van der Waals surface area (Å²) in [5, 5.41) is 15.2. The predicted octanol–water partition coefficient (Wildman–Crippen LogP) is 3.53. The lowest BCUT2D eigenvalue weighted by atomic mass is 10.2. The van der Waals surface area contributed by atoms with Gasteiger partial charge in [-0.25, -0.2) is 9.48 Å². The van der Waals surface area contributed by atoms with E-state index in [1.807, 2.05) is 60.1 Å². The number of aromatic nitrogens is 2. The number of ether oxygens (including phenoxy) is 1. The van der Waals surface area contributed by atoms with Gasteiger partial charge in [0.2, 0.25) is 0 Å². The van der Waals surface area contributed by atoms with E-state index in [2.05, 4.69) is 5.10 Å². The molecule has 1 aromatic carbocycles. The Morgan fingerprint density at radius 3 is 2.77 bits per heavy atom. The molecule has 8 heteroatoms. The van der Waals surface area contributed by atoms with Gasteiger partial charge in [-0.2, -0.15) is 10.4 Å². The Morgan fingerprint density at radius 2 is 2.07 bits per heavy atom. The topological polar surface area (TPSA) is 88.2 Å². The standard InChI is InChI=1S/C22H20N4O3S/c1-25(13-6-12-23)20(27)16-29-21(28)11-10-17-15-26(18-7-3-2-4-8-18)24-22(17)19-9-5-14-30-19/h2-5,7-11,14-15H,6,13,16H2,1H3/b11-10+. The number of benzene rings is 1. The van der Waals surface area contributed by atoms with Crippen molar-refractivity contribution in [3.8, 4) is 22.3 Å². The van der Waals surface area contributed by atoms with E-state index >= 15 is 0 Å². The van der Waals surface area contributed by atoms with Crippen LogP contribution in [0.25, 0.3) is 22.3 Å². The Kier molecular flexibility index (Phi) is 7.14. The van der Waals surface area contributed by atoms with Gasteiger partial charge >= 0.3 is 5.97 Å². The SMILES string of the molecule is CN(CCC#N)C(=O)COC(=O)/C=C/c1cn(-c2ccccc2)nc1-c1cccs1. The van der Waals surface area contributed by atoms with E-state index in [-0.39, 0.29) is 18.9 Å². The fourth-order valence-electron chi connectivity index (χ4n) is 2.62. The van der Waals surface area contributed by atoms with E-state index in [9.17, 15) is 9.59 Å². The molecule has 0 bridgehead atoms. The molecule has 0 atom stereocenters. The molecule has 3 rings (SSSR count). The zero-order chi connectivity index (χ0) is 21.3. The molecule has 0 unspecified atom stereocenters. The van der Waals surface area contributed by atoms with Crippen LogP contribution in [-0.4, -0.2) is 46.8 Å². The minimum Gasteiger partial charge on any atom is -0.452 e. The number of rotatable bonds is 8. The van der Waals surface area contributed by atoms with Gasteiger partial charge < -0.3 is 9.64 Å². The average Bonchev–Trinajstić information content (AvgIpc) is 3.44. The molecule has 2 heterocycles. The van der Waals surface area contributed by atoms with Crippen molar-refractivity contribution in [3.05, 3.63) is 65.7 Å². The summed E-state index contributed by atoms with van der Waals surface area (Å²) in [5.41, 5.74) is 2.42. The third-order valence-corrected chi connectivity index (χ3v) is 5.12. The molecule has 0 aliphatic rings. The fourth-order valence-corrected chi connectivity index (χ4v) is 3.35. The third kappa shape index (κ3) is 5.43. The van der Waals surface area contributed by atoms with Gasteiger partial charge in [-0.05, 0) is 29.7 Å². The van der Waals surface area contributed by atoms with E-state index in [0.717, 1.165) is 21.8 Å². The van der Waals surface area contributed by atoms with Gasteiger partial charge in [0.15, 0.2) is 6.61 Å². The van der Waals surface area contributed by atoms with Crippen molar-refractivity contribution < 1.29 is 14.3 Å². The molecule has 0 spiro atoms. The van der Waals surface area contributed by atoms with Gasteiger partial charge in [0.05, 0.1) is 23.1 Å². The van der Waals surface area contributed by atoms with Crippen LogP contribution in [0.4, 0.5) is 0 Å². The van der Waals surface area contributed by atoms with Crippen LogP contribution < -0.4 is 0 Å². The molecule has 1 amide bonds. The monoisotopic (exact) mass is 420 g/mol. The summed E-state index contributed by atoms with van der Waals surface area (Å²) in [4.78, 5) is 26.3. The van der Waals surface area contributed by atoms with Crippen LogP contribution in [0.15, 0.2) is 60.1 Å². The summed E-state index contributed by atoms with van der Waals surface area (Å²) >= 11 is 1.56. The number of nitriles is 1. The summed E-state index contributed by atoms with van der Waals surface area (Å²) in [6.07, 6.45) is 4.99. The number of hydrogen-bond donors (Lipinski definition) is 0. The zero-order valence-electron chi connectivity index (χ0n) is 16.4. The van der Waals surface area contributed by atoms with Gasteiger partial charge in [-0.3, -0.25) is 4.79 Å². The largest absolute Gasteiger partial charge is 0.452 e. The highest BCUT2D eigenvalue weighted by Gasteiger charge is 2.13. The molecule has 152 valence electrons. The van der Waals surface area contributed by atoms with Crippen molar-refractivity contribution in [1.29, 1.82) is 5.26 Å². The molecule has 0 aliphatic heterocycles. The lowest BCUT2D eigenvalue weighted by molar-refractivity contribution is -0.147. The first-order valence-electron chi connectivity index (χ1n) is 9.23. The summed E-state index contributed by atoms with van der Waals surface area (Å²) in [5.74, 6) is -0.982. The predicted molar refractivity (Wildman–Crippen MR) is 115 cm³/mol. The molecule has 0 aliphatic carbocycles. The minimum absolute atomic E-state index is 0.229. The second-order valence-corrected chi connectivity index (χ2v) is 7.30. The van der Waals surface area contributed by atoms with Crippen LogP contribution in [0.2, 0.25) is 0 Å². The van der Waals surface area contributed by atoms with Gasteiger partial charge in [-0.1, -0.05) is 24.3 Å². The number of hydrogen-bond acceptors (Lipinski definition) is 6. The highest BCUT2D eigenvalue weighted by atomic mass is 32.1. The Morgan fingerprint density at radius 1 is 1.27 bits per heavy atom. The first-order chi connectivity index (χ1) is 14.6. The lowest BCUT2D eigenvalue weighted by Crippen LogP contribution is -2.31. The number of esters is 1. The summed E-state index contributed by atoms with van der Waals surface area (Å²) in [6.45, 7) is -0.0717. The quantitative estimate of drug-likeness (QED) is 0.411. The maximum atomic E-state index is 12.1. The average molecular weight is 420 g/mol. The first-order valence-corrected chi connectivity index (χ1v) is 10.1. The van der Waals surface area contributed by atoms with Crippen molar-refractivity contribution in [2.75, 3.05) is 20.2 Å². The smallest absolute Gasteiger partial charge is 0.331 e. The fraction of sp³-hybridized carbons (Fsp3) is 0.182. The third-order valence-electron chi connectivity index (χ3n) is 4.24. The minimum atomic E-state index is -0.623. The van der Waals surface area contributed by atoms with Gasteiger partial charge in [0, 0.05) is 31.4 Å². The van der Waals surface area contributed by atoms with Crippen molar-refractivity contribution >= 4 is 29.3 Å². The highest BCUT2D eigenvalue weighted by Crippen LogP contribution is 2.28. The lowest BCUT2D eigenvalue weighted by Gasteiger charge is -2.14. The molecule has 0 saturated heterocycles. The molecule has 0 N–H and O–H groups in total. The number of nitrogens with zero attached hydrogens (tertiary/aromatic N) is 4. The maximum absolute atomic E-state index is 12.1. The van der Waals surface area contributed by atoms with E-state index in [1.165, 1.54) is 11.0 Å². The second kappa shape index (κ2) is 10.2. The van der Waals surface area contributed by atoms with Crippen LogP contribution in [0.5, 0.6) is 0 Å². The number of para-hydroxylation sites is 1. The molecule has 0 radical (unpaired) electrons. The Labute approximate surface area is 178 Å². The van der Waals surface area contributed by atoms with Crippen LogP contribution in [0, 0.1) is 11.3 Å². The summed E-state index contributed by atoms with van der Waals surface area (Å²) in [7, 11) is 1.56. The molecular weight excluding hydrogens is 400 g/mol. The Hall–Kier alpha value is -3.70. The normalized spacial score (nSPS) is 10.7. The van der Waals surface area contributed by atoms with Crippen LogP contribution in [0.3, 0.4) is 0 Å². The zero-order valence-corrected chi connectivity index (χ0v) is 17.2. The van der Waals surface area contributed by atoms with Gasteiger partial charge in [-0.15, -0.1) is 11.3 Å². The molecule has 0 saturated carbocycles. The van der Waals surface area contributed by atoms with E-state index < -0.39 is 5.97 Å². The number of carbonyl (C=O) groups excluding carboxylic acids is 2. The van der Waals surface area contributed by atoms with E-state index in [4.69, 9.17) is 10.00 Å². The number of amides is 1. The van der Waals surface area contributed by atoms with Crippen molar-refractivity contribution in [3.63, 3.8) is 0 Å².